The molecule has 2 amide bonds. The van der Waals surface area contributed by atoms with Gasteiger partial charge in [-0.3, -0.25) is 4.98 Å². The highest BCUT2D eigenvalue weighted by Crippen LogP contribution is 2.40. The van der Waals surface area contributed by atoms with Crippen LogP contribution in [0.15, 0.2) is 46.2 Å². The molecule has 1 aliphatic rings. The summed E-state index contributed by atoms with van der Waals surface area (Å²) < 4.78 is 5.71. The zero-order valence-corrected chi connectivity index (χ0v) is 16.2. The van der Waals surface area contributed by atoms with Crippen molar-refractivity contribution in [3.63, 3.8) is 0 Å². The Bertz CT molecular complexity index is 968. The Balaban J connectivity index is 1.47. The largest absolute Gasteiger partial charge is 0.431 e. The Morgan fingerprint density at radius 3 is 2.93 bits per heavy atom. The van der Waals surface area contributed by atoms with Gasteiger partial charge in [0, 0.05) is 18.0 Å². The number of nitrogens with one attached hydrogen (secondary N) is 2. The average Bonchev–Trinajstić information content (AvgIpc) is 3.40. The van der Waals surface area contributed by atoms with Crippen molar-refractivity contribution < 1.29 is 9.21 Å². The molecular formula is C20H22N4O2S. The second kappa shape index (κ2) is 7.60. The van der Waals surface area contributed by atoms with Crippen LogP contribution < -0.4 is 10.6 Å². The number of hydrogen-bond donors (Lipinski definition) is 2. The third-order valence-electron chi connectivity index (χ3n) is 4.53. The fraction of sp³-hybridized carbons (Fsp3) is 0.350. The van der Waals surface area contributed by atoms with Crippen molar-refractivity contribution in [2.75, 3.05) is 11.1 Å². The molecule has 0 saturated heterocycles. The van der Waals surface area contributed by atoms with Crippen molar-refractivity contribution in [3.05, 3.63) is 47.8 Å². The highest BCUT2D eigenvalue weighted by atomic mass is 32.2. The van der Waals surface area contributed by atoms with Gasteiger partial charge >= 0.3 is 6.03 Å². The Kier molecular flexibility index (Phi) is 5.03. The molecule has 7 heteroatoms. The lowest BCUT2D eigenvalue weighted by atomic mass is 10.1. The lowest BCUT2D eigenvalue weighted by Crippen LogP contribution is -2.34. The monoisotopic (exact) mass is 382 g/mol. The number of hydrogen-bond acceptors (Lipinski definition) is 5. The van der Waals surface area contributed by atoms with E-state index >= 15 is 0 Å². The number of pyridine rings is 1. The number of urea groups is 1. The Labute approximate surface area is 162 Å². The molecule has 140 valence electrons. The van der Waals surface area contributed by atoms with Gasteiger partial charge in [0.05, 0.1) is 11.7 Å². The Morgan fingerprint density at radius 1 is 1.33 bits per heavy atom. The van der Waals surface area contributed by atoms with Crippen LogP contribution in [0.25, 0.3) is 11.1 Å². The predicted octanol–water partition coefficient (Wildman–Crippen LogP) is 4.92. The molecule has 2 heterocycles. The normalized spacial score (nSPS) is 14.9. The van der Waals surface area contributed by atoms with Crippen LogP contribution in [0.5, 0.6) is 0 Å². The van der Waals surface area contributed by atoms with Crippen LogP contribution in [0, 0.1) is 12.8 Å². The van der Waals surface area contributed by atoms with E-state index in [1.54, 1.807) is 24.0 Å². The second-order valence-electron chi connectivity index (χ2n) is 6.77. The first-order chi connectivity index (χ1) is 13.1. The number of amides is 2. The Hall–Kier alpha value is -2.54. The number of carbonyl (C=O) groups excluding carboxylic acids is 1. The summed E-state index contributed by atoms with van der Waals surface area (Å²) in [5.41, 5.74) is 4.19. The number of aryl methyl sites for hydroxylation is 1. The van der Waals surface area contributed by atoms with Crippen LogP contribution in [0.3, 0.4) is 0 Å². The maximum atomic E-state index is 12.6. The molecule has 1 aromatic carbocycles. The second-order valence-corrected chi connectivity index (χ2v) is 7.98. The summed E-state index contributed by atoms with van der Waals surface area (Å²) in [6.07, 6.45) is 4.02. The molecule has 6 nitrogen and oxygen atoms in total. The number of benzene rings is 1. The molecule has 0 unspecified atom stereocenters. The lowest BCUT2D eigenvalue weighted by molar-refractivity contribution is 0.246. The van der Waals surface area contributed by atoms with E-state index in [0.29, 0.717) is 22.4 Å². The van der Waals surface area contributed by atoms with Crippen LogP contribution in [0.4, 0.5) is 10.5 Å². The number of fused-ring (bicyclic) bond motifs is 1. The number of anilines is 1. The fourth-order valence-corrected chi connectivity index (χ4v) is 3.63. The van der Waals surface area contributed by atoms with Gasteiger partial charge in [0.15, 0.2) is 5.58 Å². The standard InChI is InChI=1S/C20H22N4O2S/c1-3-27-20-23-15-7-6-14(11-17(15)26-20)22-19(25)24-18(13-4-5-13)16-10-12(2)8-9-21-16/h6-11,13,18H,3-5H2,1-2H3,(H2,22,24,25)/t18-/m1/s1. The minimum absolute atomic E-state index is 0.0635. The topological polar surface area (TPSA) is 80.0 Å². The molecule has 1 saturated carbocycles. The molecule has 0 bridgehead atoms. The number of oxazole rings is 1. The molecule has 3 aromatic rings. The quantitative estimate of drug-likeness (QED) is 0.592. The van der Waals surface area contributed by atoms with Gasteiger partial charge in [-0.05, 0) is 61.3 Å². The summed E-state index contributed by atoms with van der Waals surface area (Å²) in [5, 5.41) is 6.63. The van der Waals surface area contributed by atoms with Crippen molar-refractivity contribution in [1.82, 2.24) is 15.3 Å². The van der Waals surface area contributed by atoms with E-state index in [-0.39, 0.29) is 12.1 Å². The van der Waals surface area contributed by atoms with Gasteiger partial charge in [0.25, 0.3) is 5.22 Å². The van der Waals surface area contributed by atoms with Crippen molar-refractivity contribution in [3.8, 4) is 0 Å². The highest BCUT2D eigenvalue weighted by Gasteiger charge is 2.34. The Morgan fingerprint density at radius 2 is 2.19 bits per heavy atom. The van der Waals surface area contributed by atoms with Crippen LogP contribution in [0.2, 0.25) is 0 Å². The van der Waals surface area contributed by atoms with Gasteiger partial charge in [0.1, 0.15) is 5.52 Å². The van der Waals surface area contributed by atoms with Gasteiger partial charge in [-0.15, -0.1) is 0 Å². The molecule has 2 aromatic heterocycles. The zero-order valence-electron chi connectivity index (χ0n) is 15.4. The number of carbonyl (C=O) groups is 1. The molecule has 1 aliphatic carbocycles. The molecular weight excluding hydrogens is 360 g/mol. The SMILES string of the molecule is CCSc1nc2ccc(NC(=O)N[C@@H](c3cc(C)ccn3)C3CC3)cc2o1. The van der Waals surface area contributed by atoms with Crippen LogP contribution in [0.1, 0.15) is 37.1 Å². The molecule has 1 fully saturated rings. The number of aromatic nitrogens is 2. The summed E-state index contributed by atoms with van der Waals surface area (Å²) in [5.74, 6) is 1.35. The van der Waals surface area contributed by atoms with E-state index in [1.165, 1.54) is 0 Å². The van der Waals surface area contributed by atoms with E-state index < -0.39 is 0 Å². The maximum absolute atomic E-state index is 12.6. The fourth-order valence-electron chi connectivity index (χ4n) is 3.07. The number of thioether (sulfide) groups is 1. The zero-order chi connectivity index (χ0) is 18.8. The molecule has 27 heavy (non-hydrogen) atoms. The third-order valence-corrected chi connectivity index (χ3v) is 5.24. The van der Waals surface area contributed by atoms with Gasteiger partial charge in [-0.25, -0.2) is 9.78 Å². The first-order valence-corrected chi connectivity index (χ1v) is 10.1. The third kappa shape index (κ3) is 4.24. The summed E-state index contributed by atoms with van der Waals surface area (Å²) in [7, 11) is 0. The highest BCUT2D eigenvalue weighted by molar-refractivity contribution is 7.99. The molecule has 4 rings (SSSR count). The number of rotatable bonds is 6. The maximum Gasteiger partial charge on any atom is 0.319 e. The first kappa shape index (κ1) is 17.9. The molecule has 1 atom stereocenters. The predicted molar refractivity (Wildman–Crippen MR) is 107 cm³/mol. The van der Waals surface area contributed by atoms with E-state index in [9.17, 15) is 4.79 Å². The van der Waals surface area contributed by atoms with E-state index in [2.05, 4.69) is 27.5 Å². The lowest BCUT2D eigenvalue weighted by Gasteiger charge is -2.18. The van der Waals surface area contributed by atoms with Gasteiger partial charge < -0.3 is 15.1 Å². The van der Waals surface area contributed by atoms with E-state index in [1.807, 2.05) is 31.2 Å². The summed E-state index contributed by atoms with van der Waals surface area (Å²) >= 11 is 1.55. The van der Waals surface area contributed by atoms with Crippen molar-refractivity contribution in [2.24, 2.45) is 5.92 Å². The molecule has 2 N–H and O–H groups in total. The summed E-state index contributed by atoms with van der Waals surface area (Å²) in [6, 6.07) is 9.20. The molecule has 0 radical (unpaired) electrons. The number of nitrogens with zero attached hydrogens (tertiary/aromatic N) is 2. The smallest absolute Gasteiger partial charge is 0.319 e. The minimum Gasteiger partial charge on any atom is -0.431 e. The van der Waals surface area contributed by atoms with Gasteiger partial charge in [0.2, 0.25) is 0 Å². The van der Waals surface area contributed by atoms with Crippen LogP contribution in [-0.4, -0.2) is 21.8 Å². The molecule has 0 aliphatic heterocycles. The molecule has 0 spiro atoms. The van der Waals surface area contributed by atoms with Crippen LogP contribution in [-0.2, 0) is 0 Å². The van der Waals surface area contributed by atoms with Gasteiger partial charge in [-0.2, -0.15) is 0 Å². The van der Waals surface area contributed by atoms with E-state index in [0.717, 1.165) is 35.4 Å². The van der Waals surface area contributed by atoms with Gasteiger partial charge in [-0.1, -0.05) is 18.7 Å². The summed E-state index contributed by atoms with van der Waals surface area (Å²) in [4.78, 5) is 21.4. The van der Waals surface area contributed by atoms with Crippen molar-refractivity contribution in [2.45, 2.75) is 38.0 Å². The first-order valence-electron chi connectivity index (χ1n) is 9.16. The van der Waals surface area contributed by atoms with Crippen LogP contribution >= 0.6 is 11.8 Å². The van der Waals surface area contributed by atoms with Crippen molar-refractivity contribution >= 4 is 34.6 Å². The summed E-state index contributed by atoms with van der Waals surface area (Å²) in [6.45, 7) is 4.09. The average molecular weight is 382 g/mol. The van der Waals surface area contributed by atoms with E-state index in [4.69, 9.17) is 4.42 Å². The van der Waals surface area contributed by atoms with Crippen molar-refractivity contribution in [1.29, 1.82) is 0 Å². The minimum atomic E-state index is -0.239.